The molecule has 0 N–H and O–H groups in total. The lowest BCUT2D eigenvalue weighted by Crippen LogP contribution is -2.08. The van der Waals surface area contributed by atoms with E-state index in [1.165, 1.54) is 66.3 Å². The van der Waals surface area contributed by atoms with Crippen LogP contribution in [-0.2, 0) is 0 Å². The van der Waals surface area contributed by atoms with E-state index < -0.39 is 0 Å². The minimum absolute atomic E-state index is 0.574. The van der Waals surface area contributed by atoms with Crippen LogP contribution in [0, 0.1) is 62.3 Å². The zero-order valence-corrected chi connectivity index (χ0v) is 38.0. The molecule has 6 nitrogen and oxygen atoms in total. The van der Waals surface area contributed by atoms with Gasteiger partial charge in [0, 0.05) is 44.2 Å². The highest BCUT2D eigenvalue weighted by atomic mass is 15.0. The highest BCUT2D eigenvalue weighted by Gasteiger charge is 2.28. The number of nitrogens with zero attached hydrogens (tertiary/aromatic N) is 6. The third-order valence-electron chi connectivity index (χ3n) is 13.6. The quantitative estimate of drug-likeness (QED) is 0.160. The van der Waals surface area contributed by atoms with Gasteiger partial charge in [-0.25, -0.2) is 24.9 Å². The Balaban J connectivity index is 1.37. The van der Waals surface area contributed by atoms with Gasteiger partial charge < -0.3 is 4.57 Å². The Labute approximate surface area is 375 Å². The fourth-order valence-electron chi connectivity index (χ4n) is 9.49. The summed E-state index contributed by atoms with van der Waals surface area (Å²) in [5.41, 5.74) is 22.2. The number of hydrogen-bond donors (Lipinski definition) is 0. The van der Waals surface area contributed by atoms with Crippen LogP contribution < -0.4 is 0 Å². The smallest absolute Gasteiger partial charge is 0.164 e. The van der Waals surface area contributed by atoms with Crippen molar-refractivity contribution in [3.63, 3.8) is 0 Å². The number of hydrogen-bond acceptors (Lipinski definition) is 5. The Hall–Kier alpha value is -7.57. The fourth-order valence-corrected chi connectivity index (χ4v) is 9.49. The topological polar surface area (TPSA) is 69.4 Å². The van der Waals surface area contributed by atoms with Gasteiger partial charge in [0.15, 0.2) is 23.3 Å². The number of fused-ring (bicyclic) bond motifs is 3. The lowest BCUT2D eigenvalue weighted by molar-refractivity contribution is 1.07. The molecule has 10 aromatic rings. The summed E-state index contributed by atoms with van der Waals surface area (Å²) in [6, 6.07) is 47.7. The Morgan fingerprint density at radius 1 is 0.312 bits per heavy atom. The molecule has 64 heavy (non-hydrogen) atoms. The van der Waals surface area contributed by atoms with Crippen molar-refractivity contribution in [3.8, 4) is 73.8 Å². The molecule has 0 radical (unpaired) electrons. The molecular formula is C58H50N6. The first-order chi connectivity index (χ1) is 31.0. The lowest BCUT2D eigenvalue weighted by atomic mass is 9.90. The third-order valence-corrected chi connectivity index (χ3v) is 13.6. The van der Waals surface area contributed by atoms with Crippen LogP contribution in [0.1, 0.15) is 50.1 Å². The van der Waals surface area contributed by atoms with Crippen molar-refractivity contribution in [2.24, 2.45) is 0 Å². The summed E-state index contributed by atoms with van der Waals surface area (Å²) in [4.78, 5) is 26.5. The zero-order valence-electron chi connectivity index (χ0n) is 38.0. The highest BCUT2D eigenvalue weighted by Crippen LogP contribution is 2.46. The largest absolute Gasteiger partial charge is 0.308 e. The molecule has 7 aromatic carbocycles. The maximum Gasteiger partial charge on any atom is 0.164 e. The molecule has 0 aliphatic heterocycles. The molecule has 0 amide bonds. The van der Waals surface area contributed by atoms with Crippen LogP contribution in [-0.4, -0.2) is 29.5 Å². The Morgan fingerprint density at radius 2 is 0.672 bits per heavy atom. The first kappa shape index (κ1) is 40.5. The first-order valence-electron chi connectivity index (χ1n) is 22.0. The van der Waals surface area contributed by atoms with Crippen LogP contribution in [0.25, 0.3) is 95.6 Å². The molecule has 0 aliphatic rings. The molecule has 0 saturated heterocycles. The van der Waals surface area contributed by atoms with Crippen molar-refractivity contribution < 1.29 is 0 Å². The van der Waals surface area contributed by atoms with E-state index in [1.807, 2.05) is 72.8 Å². The zero-order chi connectivity index (χ0) is 44.4. The second kappa shape index (κ2) is 16.0. The van der Waals surface area contributed by atoms with Crippen molar-refractivity contribution in [1.82, 2.24) is 29.5 Å². The molecule has 3 heterocycles. The summed E-state index contributed by atoms with van der Waals surface area (Å²) >= 11 is 0. The predicted octanol–water partition coefficient (Wildman–Crippen LogP) is 14.5. The molecule has 0 spiro atoms. The minimum Gasteiger partial charge on any atom is -0.308 e. The van der Waals surface area contributed by atoms with Crippen LogP contribution in [0.5, 0.6) is 0 Å². The van der Waals surface area contributed by atoms with Crippen LogP contribution >= 0.6 is 0 Å². The van der Waals surface area contributed by atoms with Crippen LogP contribution in [0.2, 0.25) is 0 Å². The van der Waals surface area contributed by atoms with E-state index in [0.717, 1.165) is 56.0 Å². The molecular weight excluding hydrogens is 781 g/mol. The lowest BCUT2D eigenvalue weighted by Gasteiger charge is -2.21. The van der Waals surface area contributed by atoms with Gasteiger partial charge in [-0.1, -0.05) is 121 Å². The molecule has 0 saturated carbocycles. The Kier molecular flexibility index (Phi) is 10.1. The van der Waals surface area contributed by atoms with Crippen LogP contribution in [0.15, 0.2) is 140 Å². The summed E-state index contributed by atoms with van der Waals surface area (Å²) in [6.07, 6.45) is 0. The number of rotatable bonds is 7. The van der Waals surface area contributed by atoms with Crippen molar-refractivity contribution in [1.29, 1.82) is 0 Å². The number of aromatic nitrogens is 6. The van der Waals surface area contributed by atoms with Gasteiger partial charge in [-0.05, 0) is 131 Å². The SMILES string of the molecule is Cc1cc(-c2nc(-c3ccccc3)nc(-c3ccccc3)n2)cc(-c2nc(-c3ccccc3)cc(-c3ccccc3)n2)c1-n1c2c(C)c(C)c(C)c(C)c2c2c(C)c(C)c(C)c(C)c21. The second-order valence-electron chi connectivity index (χ2n) is 17.2. The number of aryl methyl sites for hydroxylation is 5. The normalized spacial score (nSPS) is 11.5. The summed E-state index contributed by atoms with van der Waals surface area (Å²) < 4.78 is 2.54. The summed E-state index contributed by atoms with van der Waals surface area (Å²) in [7, 11) is 0. The van der Waals surface area contributed by atoms with Crippen molar-refractivity contribution in [2.75, 3.05) is 0 Å². The molecule has 0 aliphatic carbocycles. The Bertz CT molecular complexity index is 3250. The maximum atomic E-state index is 5.50. The van der Waals surface area contributed by atoms with Gasteiger partial charge in [0.1, 0.15) is 0 Å². The predicted molar refractivity (Wildman–Crippen MR) is 265 cm³/mol. The first-order valence-corrected chi connectivity index (χ1v) is 22.0. The van der Waals surface area contributed by atoms with E-state index in [-0.39, 0.29) is 0 Å². The van der Waals surface area contributed by atoms with Gasteiger partial charge in [-0.15, -0.1) is 0 Å². The van der Waals surface area contributed by atoms with Crippen molar-refractivity contribution in [2.45, 2.75) is 62.3 Å². The highest BCUT2D eigenvalue weighted by molar-refractivity contribution is 6.16. The van der Waals surface area contributed by atoms with E-state index in [0.29, 0.717) is 23.3 Å². The van der Waals surface area contributed by atoms with Crippen molar-refractivity contribution in [3.05, 3.63) is 190 Å². The van der Waals surface area contributed by atoms with Crippen LogP contribution in [0.4, 0.5) is 0 Å². The average Bonchev–Trinajstić information content (AvgIpc) is 3.70. The molecule has 3 aromatic heterocycles. The van der Waals surface area contributed by atoms with Gasteiger partial charge >= 0.3 is 0 Å². The van der Waals surface area contributed by atoms with E-state index in [9.17, 15) is 0 Å². The Morgan fingerprint density at radius 3 is 1.08 bits per heavy atom. The van der Waals surface area contributed by atoms with E-state index in [1.54, 1.807) is 0 Å². The third kappa shape index (κ3) is 6.69. The molecule has 0 atom stereocenters. The molecule has 0 fully saturated rings. The summed E-state index contributed by atoms with van der Waals surface area (Å²) in [5, 5.41) is 2.60. The number of benzene rings is 7. The minimum atomic E-state index is 0.574. The van der Waals surface area contributed by atoms with Crippen molar-refractivity contribution >= 4 is 21.8 Å². The van der Waals surface area contributed by atoms with E-state index in [4.69, 9.17) is 24.9 Å². The summed E-state index contributed by atoms with van der Waals surface area (Å²) in [5.74, 6) is 2.41. The van der Waals surface area contributed by atoms with Crippen LogP contribution in [0.3, 0.4) is 0 Å². The monoisotopic (exact) mass is 830 g/mol. The van der Waals surface area contributed by atoms with Gasteiger partial charge in [0.25, 0.3) is 0 Å². The maximum absolute atomic E-state index is 5.50. The molecule has 6 heteroatoms. The van der Waals surface area contributed by atoms with E-state index in [2.05, 4.69) is 134 Å². The van der Waals surface area contributed by atoms with Gasteiger partial charge in [0.05, 0.1) is 28.1 Å². The standard InChI is InChI=1S/C58H50N6/c1-33-30-46(57-62-55(44-26-18-12-19-27-44)61-56(63-57)45-28-20-13-21-29-45)31-47(58-59-48(42-22-14-10-15-23-42)32-49(60-58)43-24-16-11-17-25-43)52(33)64-53-40(8)36(4)34(2)38(6)50(53)51-39(7)35(3)37(5)41(9)54(51)64/h10-32H,1-9H3. The fraction of sp³-hybridized carbons (Fsp3) is 0.155. The van der Waals surface area contributed by atoms with Gasteiger partial charge in [0.2, 0.25) is 0 Å². The molecule has 10 rings (SSSR count). The second-order valence-corrected chi connectivity index (χ2v) is 17.2. The summed E-state index contributed by atoms with van der Waals surface area (Å²) in [6.45, 7) is 20.4. The van der Waals surface area contributed by atoms with Gasteiger partial charge in [-0.2, -0.15) is 0 Å². The van der Waals surface area contributed by atoms with E-state index >= 15 is 0 Å². The molecule has 0 unspecified atom stereocenters. The van der Waals surface area contributed by atoms with Gasteiger partial charge in [-0.3, -0.25) is 0 Å². The molecule has 0 bridgehead atoms. The molecule has 312 valence electrons. The average molecular weight is 831 g/mol.